The van der Waals surface area contributed by atoms with Gasteiger partial charge in [0.25, 0.3) is 10.0 Å². The van der Waals surface area contributed by atoms with E-state index >= 15 is 0 Å². The van der Waals surface area contributed by atoms with E-state index in [1.807, 2.05) is 31.2 Å². The standard InChI is InChI=1S/C33H40ClN3O5S/c1-4-30(33(39)35-27-13-6-5-7-14-27)36(22-25-12-10-15-28(21-25)42-3)32(38)23-37(31-16-9-8-11-24(31)2)43(40,41)29-19-17-26(34)18-20-29/h8-12,15-21,27,30H,4-7,13-14,22-23H2,1-3H3,(H,35,39). The summed E-state index contributed by atoms with van der Waals surface area (Å²) in [5.74, 6) is -0.0978. The van der Waals surface area contributed by atoms with Gasteiger partial charge in [0.05, 0.1) is 17.7 Å². The van der Waals surface area contributed by atoms with E-state index < -0.39 is 28.5 Å². The summed E-state index contributed by atoms with van der Waals surface area (Å²) >= 11 is 6.04. The Labute approximate surface area is 260 Å². The molecule has 3 aromatic rings. The van der Waals surface area contributed by atoms with Gasteiger partial charge >= 0.3 is 0 Å². The van der Waals surface area contributed by atoms with Crippen molar-refractivity contribution >= 4 is 39.1 Å². The highest BCUT2D eigenvalue weighted by Gasteiger charge is 2.35. The fourth-order valence-corrected chi connectivity index (χ4v) is 7.13. The van der Waals surface area contributed by atoms with Crippen LogP contribution in [0.3, 0.4) is 0 Å². The number of nitrogens with zero attached hydrogens (tertiary/aromatic N) is 2. The fraction of sp³-hybridized carbons (Fsp3) is 0.394. The van der Waals surface area contributed by atoms with Gasteiger partial charge in [-0.05, 0) is 79.8 Å². The minimum Gasteiger partial charge on any atom is -0.497 e. The van der Waals surface area contributed by atoms with Crippen LogP contribution in [0.5, 0.6) is 5.75 Å². The van der Waals surface area contributed by atoms with E-state index in [9.17, 15) is 18.0 Å². The van der Waals surface area contributed by atoms with Gasteiger partial charge in [-0.15, -0.1) is 0 Å². The summed E-state index contributed by atoms with van der Waals surface area (Å²) in [4.78, 5) is 29.5. The molecule has 1 aliphatic rings. The Kier molecular flexibility index (Phi) is 11.1. The minimum absolute atomic E-state index is 0.00869. The Morgan fingerprint density at radius 3 is 2.35 bits per heavy atom. The van der Waals surface area contributed by atoms with Gasteiger partial charge in [0.1, 0.15) is 18.3 Å². The van der Waals surface area contributed by atoms with E-state index in [4.69, 9.17) is 16.3 Å². The van der Waals surface area contributed by atoms with Crippen molar-refractivity contribution in [1.29, 1.82) is 0 Å². The number of hydrogen-bond donors (Lipinski definition) is 1. The highest BCUT2D eigenvalue weighted by molar-refractivity contribution is 7.92. The summed E-state index contributed by atoms with van der Waals surface area (Å²) in [6.07, 6.45) is 5.45. The third-order valence-corrected chi connectivity index (χ3v) is 9.92. The van der Waals surface area contributed by atoms with Gasteiger partial charge in [0, 0.05) is 17.6 Å². The number of sulfonamides is 1. The summed E-state index contributed by atoms with van der Waals surface area (Å²) in [6, 6.07) is 19.5. The highest BCUT2D eigenvalue weighted by Crippen LogP contribution is 2.28. The van der Waals surface area contributed by atoms with Crippen molar-refractivity contribution in [2.24, 2.45) is 0 Å². The largest absolute Gasteiger partial charge is 0.497 e. The molecule has 0 aliphatic heterocycles. The minimum atomic E-state index is -4.17. The number of rotatable bonds is 12. The molecule has 1 aliphatic carbocycles. The number of aryl methyl sites for hydroxylation is 1. The number of halogens is 1. The van der Waals surface area contributed by atoms with Crippen LogP contribution in [0.4, 0.5) is 5.69 Å². The van der Waals surface area contributed by atoms with Gasteiger partial charge in [-0.1, -0.05) is 68.1 Å². The highest BCUT2D eigenvalue weighted by atomic mass is 35.5. The van der Waals surface area contributed by atoms with Crippen molar-refractivity contribution in [1.82, 2.24) is 10.2 Å². The Morgan fingerprint density at radius 2 is 1.70 bits per heavy atom. The summed E-state index contributed by atoms with van der Waals surface area (Å²) in [7, 11) is -2.61. The Balaban J connectivity index is 1.72. The Hall–Kier alpha value is -3.56. The lowest BCUT2D eigenvalue weighted by atomic mass is 9.95. The maximum Gasteiger partial charge on any atom is 0.264 e. The van der Waals surface area contributed by atoms with Gasteiger partial charge in [-0.25, -0.2) is 8.42 Å². The molecule has 1 N–H and O–H groups in total. The van der Waals surface area contributed by atoms with Gasteiger partial charge in [0.15, 0.2) is 0 Å². The third-order valence-electron chi connectivity index (χ3n) is 7.89. The molecule has 3 aromatic carbocycles. The van der Waals surface area contributed by atoms with Crippen LogP contribution in [-0.4, -0.2) is 50.9 Å². The summed E-state index contributed by atoms with van der Waals surface area (Å²) in [5.41, 5.74) is 1.83. The van der Waals surface area contributed by atoms with Gasteiger partial charge in [0.2, 0.25) is 11.8 Å². The topological polar surface area (TPSA) is 96.0 Å². The second-order valence-electron chi connectivity index (χ2n) is 10.9. The lowest BCUT2D eigenvalue weighted by Crippen LogP contribution is -2.54. The van der Waals surface area contributed by atoms with Crippen molar-refractivity contribution in [2.75, 3.05) is 18.0 Å². The number of carbonyl (C=O) groups excluding carboxylic acids is 2. The number of methoxy groups -OCH3 is 1. The average Bonchev–Trinajstić information content (AvgIpc) is 3.01. The number of nitrogens with one attached hydrogen (secondary N) is 1. The van der Waals surface area contributed by atoms with E-state index in [1.54, 1.807) is 38.3 Å². The first-order valence-corrected chi connectivity index (χ1v) is 16.5. The zero-order chi connectivity index (χ0) is 31.0. The Bertz CT molecular complexity index is 1510. The average molecular weight is 626 g/mol. The van der Waals surface area contributed by atoms with Crippen LogP contribution in [0.1, 0.15) is 56.6 Å². The molecule has 1 fully saturated rings. The smallest absolute Gasteiger partial charge is 0.264 e. The normalized spacial score (nSPS) is 14.5. The number of anilines is 1. The van der Waals surface area contributed by atoms with Crippen LogP contribution in [0.15, 0.2) is 77.7 Å². The lowest BCUT2D eigenvalue weighted by Gasteiger charge is -2.34. The first-order chi connectivity index (χ1) is 20.6. The lowest BCUT2D eigenvalue weighted by molar-refractivity contribution is -0.140. The van der Waals surface area contributed by atoms with Gasteiger partial charge in [-0.3, -0.25) is 13.9 Å². The SMILES string of the molecule is CCC(C(=O)NC1CCCCC1)N(Cc1cccc(OC)c1)C(=O)CN(c1ccccc1C)S(=O)(=O)c1ccc(Cl)cc1. The molecule has 1 saturated carbocycles. The molecule has 1 unspecified atom stereocenters. The van der Waals surface area contributed by atoms with Crippen molar-refractivity contribution in [3.05, 3.63) is 88.9 Å². The van der Waals surface area contributed by atoms with Crippen LogP contribution in [0, 0.1) is 6.92 Å². The molecule has 0 saturated heterocycles. The molecule has 10 heteroatoms. The molecule has 2 amide bonds. The zero-order valence-corrected chi connectivity index (χ0v) is 26.5. The van der Waals surface area contributed by atoms with E-state index in [0.29, 0.717) is 28.4 Å². The molecule has 0 radical (unpaired) electrons. The van der Waals surface area contributed by atoms with Crippen LogP contribution < -0.4 is 14.4 Å². The zero-order valence-electron chi connectivity index (χ0n) is 25.0. The molecule has 0 spiro atoms. The van der Waals surface area contributed by atoms with Gasteiger partial charge < -0.3 is 15.0 Å². The monoisotopic (exact) mass is 625 g/mol. The quantitative estimate of drug-likeness (QED) is 0.262. The van der Waals surface area contributed by atoms with Crippen LogP contribution >= 0.6 is 11.6 Å². The predicted molar refractivity (Wildman–Crippen MR) is 170 cm³/mol. The Morgan fingerprint density at radius 1 is 1.00 bits per heavy atom. The molecular formula is C33H40ClN3O5S. The number of hydrogen-bond acceptors (Lipinski definition) is 5. The molecule has 8 nitrogen and oxygen atoms in total. The molecule has 230 valence electrons. The van der Waals surface area contributed by atoms with Crippen molar-refractivity contribution in [2.45, 2.75) is 75.9 Å². The fourth-order valence-electron chi connectivity index (χ4n) is 5.52. The number of carbonyl (C=O) groups is 2. The predicted octanol–water partition coefficient (Wildman–Crippen LogP) is 6.11. The summed E-state index contributed by atoms with van der Waals surface area (Å²) in [6.45, 7) is 3.27. The first kappa shape index (κ1) is 32.4. The molecule has 0 bridgehead atoms. The maximum atomic E-state index is 14.3. The number of amides is 2. The van der Waals surface area contributed by atoms with E-state index in [1.165, 1.54) is 29.2 Å². The van der Waals surface area contributed by atoms with Crippen molar-refractivity contribution < 1.29 is 22.7 Å². The van der Waals surface area contributed by atoms with Crippen LogP contribution in [0.25, 0.3) is 0 Å². The van der Waals surface area contributed by atoms with Crippen LogP contribution in [-0.2, 0) is 26.2 Å². The molecule has 1 atom stereocenters. The second kappa shape index (κ2) is 14.8. The van der Waals surface area contributed by atoms with Gasteiger partial charge in [-0.2, -0.15) is 0 Å². The van der Waals surface area contributed by atoms with Crippen molar-refractivity contribution in [3.63, 3.8) is 0 Å². The summed E-state index contributed by atoms with van der Waals surface area (Å²) < 4.78 is 34.6. The van der Waals surface area contributed by atoms with Crippen LogP contribution in [0.2, 0.25) is 5.02 Å². The first-order valence-electron chi connectivity index (χ1n) is 14.7. The molecular weight excluding hydrogens is 586 g/mol. The van der Waals surface area contributed by atoms with Crippen molar-refractivity contribution in [3.8, 4) is 5.75 Å². The number of para-hydroxylation sites is 1. The molecule has 4 rings (SSSR count). The maximum absolute atomic E-state index is 14.3. The summed E-state index contributed by atoms with van der Waals surface area (Å²) in [5, 5.41) is 3.57. The number of benzene rings is 3. The number of ether oxygens (including phenoxy) is 1. The molecule has 43 heavy (non-hydrogen) atoms. The van der Waals surface area contributed by atoms with E-state index in [0.717, 1.165) is 42.0 Å². The third kappa shape index (κ3) is 8.09. The molecule has 0 heterocycles. The molecule has 0 aromatic heterocycles. The van der Waals surface area contributed by atoms with E-state index in [2.05, 4.69) is 5.32 Å². The van der Waals surface area contributed by atoms with E-state index in [-0.39, 0.29) is 23.4 Å². The second-order valence-corrected chi connectivity index (χ2v) is 13.2.